The van der Waals surface area contributed by atoms with E-state index in [0.29, 0.717) is 5.75 Å². The molecule has 3 rings (SSSR count). The first-order valence-corrected chi connectivity index (χ1v) is 9.38. The van der Waals surface area contributed by atoms with Gasteiger partial charge in [0, 0.05) is 37.2 Å². The first-order chi connectivity index (χ1) is 12.1. The van der Waals surface area contributed by atoms with E-state index in [1.807, 2.05) is 42.2 Å². The fourth-order valence-electron chi connectivity index (χ4n) is 2.99. The van der Waals surface area contributed by atoms with Gasteiger partial charge in [-0.05, 0) is 36.8 Å². The molecule has 2 aromatic rings. The molecule has 0 N–H and O–H groups in total. The molecule has 1 atom stereocenters. The summed E-state index contributed by atoms with van der Waals surface area (Å²) in [6.45, 7) is 6.05. The maximum atomic E-state index is 12.6. The minimum Gasteiger partial charge on any atom is -0.481 e. The number of benzene rings is 2. The van der Waals surface area contributed by atoms with Crippen molar-refractivity contribution in [3.05, 3.63) is 64.6 Å². The van der Waals surface area contributed by atoms with Crippen LogP contribution in [0.3, 0.4) is 0 Å². The van der Waals surface area contributed by atoms with Gasteiger partial charge in [0.2, 0.25) is 0 Å². The molecule has 0 radical (unpaired) electrons. The molecule has 2 aromatic carbocycles. The van der Waals surface area contributed by atoms with Gasteiger partial charge >= 0.3 is 0 Å². The number of ether oxygens (including phenoxy) is 1. The van der Waals surface area contributed by atoms with Crippen LogP contribution in [-0.2, 0) is 11.3 Å². The Labute approximate surface area is 157 Å². The number of amides is 1. The molecule has 1 fully saturated rings. The minimum atomic E-state index is -0.471. The lowest BCUT2D eigenvalue weighted by Gasteiger charge is -2.35. The Kier molecular flexibility index (Phi) is 6.10. The van der Waals surface area contributed by atoms with Gasteiger partial charge in [0.1, 0.15) is 5.75 Å². The maximum Gasteiger partial charge on any atom is 0.263 e. The third-order valence-electron chi connectivity index (χ3n) is 4.41. The predicted molar refractivity (Wildman–Crippen MR) is 103 cm³/mol. The second-order valence-corrected chi connectivity index (χ2v) is 7.22. The summed E-state index contributed by atoms with van der Waals surface area (Å²) >= 11 is 3.40. The third kappa shape index (κ3) is 5.06. The number of nitrogens with zero attached hydrogens (tertiary/aromatic N) is 2. The molecule has 0 aromatic heterocycles. The van der Waals surface area contributed by atoms with Crippen LogP contribution in [0.4, 0.5) is 0 Å². The Balaban J connectivity index is 1.48. The Hall–Kier alpha value is -1.85. The van der Waals surface area contributed by atoms with Gasteiger partial charge in [0.25, 0.3) is 5.91 Å². The highest BCUT2D eigenvalue weighted by molar-refractivity contribution is 9.10. The van der Waals surface area contributed by atoms with Crippen LogP contribution in [0.2, 0.25) is 0 Å². The fourth-order valence-corrected chi connectivity index (χ4v) is 3.26. The quantitative estimate of drug-likeness (QED) is 0.766. The number of halogens is 1. The number of rotatable bonds is 5. The standard InChI is InChI=1S/C20H23BrN2O2/c1-16(25-19-9-7-18(21)8-10-19)20(24)23-13-11-22(12-14-23)15-17-5-3-2-4-6-17/h2-10,16H,11-15H2,1H3/t16-/m0/s1. The van der Waals surface area contributed by atoms with Crippen molar-refractivity contribution in [1.82, 2.24) is 9.80 Å². The topological polar surface area (TPSA) is 32.8 Å². The van der Waals surface area contributed by atoms with Crippen molar-refractivity contribution in [1.29, 1.82) is 0 Å². The van der Waals surface area contributed by atoms with Gasteiger partial charge in [-0.3, -0.25) is 9.69 Å². The molecular weight excluding hydrogens is 380 g/mol. The molecule has 5 heteroatoms. The van der Waals surface area contributed by atoms with Gasteiger partial charge in [0.05, 0.1) is 0 Å². The Morgan fingerprint density at radius 2 is 1.68 bits per heavy atom. The SMILES string of the molecule is C[C@H](Oc1ccc(Br)cc1)C(=O)N1CCN(Cc2ccccc2)CC1. The monoisotopic (exact) mass is 402 g/mol. The molecule has 1 saturated heterocycles. The molecule has 4 nitrogen and oxygen atoms in total. The molecule has 25 heavy (non-hydrogen) atoms. The van der Waals surface area contributed by atoms with E-state index >= 15 is 0 Å². The van der Waals surface area contributed by atoms with E-state index in [0.717, 1.165) is 37.2 Å². The molecule has 0 aliphatic carbocycles. The van der Waals surface area contributed by atoms with Gasteiger partial charge in [-0.1, -0.05) is 46.3 Å². The Morgan fingerprint density at radius 3 is 2.32 bits per heavy atom. The average molecular weight is 403 g/mol. The van der Waals surface area contributed by atoms with Gasteiger partial charge in [-0.2, -0.15) is 0 Å². The van der Waals surface area contributed by atoms with E-state index in [9.17, 15) is 4.79 Å². The van der Waals surface area contributed by atoms with Crippen molar-refractivity contribution in [2.75, 3.05) is 26.2 Å². The normalized spacial score (nSPS) is 16.5. The van der Waals surface area contributed by atoms with E-state index < -0.39 is 6.10 Å². The minimum absolute atomic E-state index is 0.0577. The summed E-state index contributed by atoms with van der Waals surface area (Å²) in [5.41, 5.74) is 1.31. The van der Waals surface area contributed by atoms with Crippen LogP contribution in [0, 0.1) is 0 Å². The van der Waals surface area contributed by atoms with Gasteiger partial charge in [0.15, 0.2) is 6.10 Å². The summed E-state index contributed by atoms with van der Waals surface area (Å²) < 4.78 is 6.78. The largest absolute Gasteiger partial charge is 0.481 e. The lowest BCUT2D eigenvalue weighted by Crippen LogP contribution is -2.51. The summed E-state index contributed by atoms with van der Waals surface area (Å²) in [5, 5.41) is 0. The molecule has 1 heterocycles. The molecule has 0 bridgehead atoms. The van der Waals surface area contributed by atoms with Gasteiger partial charge < -0.3 is 9.64 Å². The highest BCUT2D eigenvalue weighted by atomic mass is 79.9. The van der Waals surface area contributed by atoms with E-state index in [1.54, 1.807) is 0 Å². The zero-order valence-corrected chi connectivity index (χ0v) is 16.0. The van der Waals surface area contributed by atoms with Crippen molar-refractivity contribution < 1.29 is 9.53 Å². The predicted octanol–water partition coefficient (Wildman–Crippen LogP) is 3.56. The number of hydrogen-bond donors (Lipinski definition) is 0. The van der Waals surface area contributed by atoms with Crippen LogP contribution < -0.4 is 4.74 Å². The zero-order valence-electron chi connectivity index (χ0n) is 14.4. The van der Waals surface area contributed by atoms with E-state index in [-0.39, 0.29) is 5.91 Å². The lowest BCUT2D eigenvalue weighted by molar-refractivity contribution is -0.139. The van der Waals surface area contributed by atoms with Gasteiger partial charge in [-0.25, -0.2) is 0 Å². The molecular formula is C20H23BrN2O2. The van der Waals surface area contributed by atoms with Crippen molar-refractivity contribution in [2.45, 2.75) is 19.6 Å². The van der Waals surface area contributed by atoms with Crippen LogP contribution >= 0.6 is 15.9 Å². The van der Waals surface area contributed by atoms with Crippen molar-refractivity contribution in [2.24, 2.45) is 0 Å². The van der Waals surface area contributed by atoms with Crippen LogP contribution in [0.1, 0.15) is 12.5 Å². The van der Waals surface area contributed by atoms with E-state index in [4.69, 9.17) is 4.74 Å². The summed E-state index contributed by atoms with van der Waals surface area (Å²) in [6, 6.07) is 18.0. The smallest absolute Gasteiger partial charge is 0.263 e. The average Bonchev–Trinajstić information content (AvgIpc) is 2.64. The maximum absolute atomic E-state index is 12.6. The van der Waals surface area contributed by atoms with E-state index in [2.05, 4.69) is 45.1 Å². The lowest BCUT2D eigenvalue weighted by atomic mass is 10.2. The Morgan fingerprint density at radius 1 is 1.04 bits per heavy atom. The number of hydrogen-bond acceptors (Lipinski definition) is 3. The second kappa shape index (κ2) is 8.50. The Bertz CT molecular complexity index is 683. The van der Waals surface area contributed by atoms with Crippen molar-refractivity contribution in [3.63, 3.8) is 0 Å². The summed E-state index contributed by atoms with van der Waals surface area (Å²) in [5.74, 6) is 0.772. The van der Waals surface area contributed by atoms with Crippen LogP contribution in [0.5, 0.6) is 5.75 Å². The van der Waals surface area contributed by atoms with Crippen LogP contribution in [0.15, 0.2) is 59.1 Å². The second-order valence-electron chi connectivity index (χ2n) is 6.30. The van der Waals surface area contributed by atoms with Gasteiger partial charge in [-0.15, -0.1) is 0 Å². The first kappa shape index (κ1) is 18.0. The first-order valence-electron chi connectivity index (χ1n) is 8.59. The van der Waals surface area contributed by atoms with Crippen LogP contribution in [0.25, 0.3) is 0 Å². The fraction of sp³-hybridized carbons (Fsp3) is 0.350. The zero-order chi connectivity index (χ0) is 17.6. The third-order valence-corrected chi connectivity index (χ3v) is 4.94. The summed E-state index contributed by atoms with van der Waals surface area (Å²) in [7, 11) is 0. The molecule has 1 aliphatic heterocycles. The number of carbonyl (C=O) groups is 1. The molecule has 1 aliphatic rings. The molecule has 1 amide bonds. The van der Waals surface area contributed by atoms with E-state index in [1.165, 1.54) is 5.56 Å². The van der Waals surface area contributed by atoms with Crippen molar-refractivity contribution >= 4 is 21.8 Å². The molecule has 0 saturated carbocycles. The summed E-state index contributed by atoms with van der Waals surface area (Å²) in [4.78, 5) is 16.9. The highest BCUT2D eigenvalue weighted by Gasteiger charge is 2.26. The van der Waals surface area contributed by atoms with Crippen LogP contribution in [-0.4, -0.2) is 48.0 Å². The molecule has 132 valence electrons. The highest BCUT2D eigenvalue weighted by Crippen LogP contribution is 2.18. The molecule has 0 spiro atoms. The number of piperazine rings is 1. The summed E-state index contributed by atoms with van der Waals surface area (Å²) in [6.07, 6.45) is -0.471. The number of carbonyl (C=O) groups excluding carboxylic acids is 1. The van der Waals surface area contributed by atoms with Crippen molar-refractivity contribution in [3.8, 4) is 5.75 Å². The molecule has 0 unspecified atom stereocenters.